The maximum atomic E-state index is 11.1. The number of rotatable bonds is 6. The van der Waals surface area contributed by atoms with Crippen LogP contribution in [0.1, 0.15) is 13.3 Å². The van der Waals surface area contributed by atoms with Crippen LogP contribution in [0.4, 0.5) is 11.4 Å². The predicted molar refractivity (Wildman–Crippen MR) is 71.2 cm³/mol. The van der Waals surface area contributed by atoms with Gasteiger partial charge in [-0.15, -0.1) is 0 Å². The SMILES string of the molecule is CCC(N)CNc1ccc(S(N)(=O)=O)cc1[N+](=O)[O-]. The highest BCUT2D eigenvalue weighted by atomic mass is 32.2. The zero-order valence-electron chi connectivity index (χ0n) is 10.4. The molecule has 1 rings (SSSR count). The maximum Gasteiger partial charge on any atom is 0.293 e. The van der Waals surface area contributed by atoms with E-state index < -0.39 is 14.9 Å². The first-order valence-corrected chi connectivity index (χ1v) is 7.11. The lowest BCUT2D eigenvalue weighted by molar-refractivity contribution is -0.384. The Morgan fingerprint density at radius 3 is 2.58 bits per heavy atom. The minimum Gasteiger partial charge on any atom is -0.378 e. The van der Waals surface area contributed by atoms with Gasteiger partial charge in [-0.1, -0.05) is 6.92 Å². The van der Waals surface area contributed by atoms with Crippen LogP contribution in [0.25, 0.3) is 0 Å². The largest absolute Gasteiger partial charge is 0.378 e. The standard InChI is InChI=1S/C10H16N4O4S/c1-2-7(11)6-13-9-4-3-8(19(12,17)18)5-10(9)14(15)16/h3-5,7,13H,2,6,11H2,1H3,(H2,12,17,18). The molecule has 1 atom stereocenters. The average Bonchev–Trinajstić information content (AvgIpc) is 2.34. The van der Waals surface area contributed by atoms with Crippen molar-refractivity contribution in [3.63, 3.8) is 0 Å². The van der Waals surface area contributed by atoms with E-state index in [-0.39, 0.29) is 22.3 Å². The fourth-order valence-electron chi connectivity index (χ4n) is 1.37. The molecular formula is C10H16N4O4S. The van der Waals surface area contributed by atoms with E-state index in [1.54, 1.807) is 0 Å². The molecule has 0 saturated carbocycles. The molecule has 106 valence electrons. The van der Waals surface area contributed by atoms with Gasteiger partial charge in [-0.05, 0) is 18.6 Å². The number of sulfonamides is 1. The number of nitro benzene ring substituents is 1. The summed E-state index contributed by atoms with van der Waals surface area (Å²) in [5.41, 5.74) is 5.56. The molecule has 5 N–H and O–H groups in total. The van der Waals surface area contributed by atoms with Crippen molar-refractivity contribution >= 4 is 21.4 Å². The predicted octanol–water partition coefficient (Wildman–Crippen LogP) is 0.391. The molecule has 0 aromatic heterocycles. The average molecular weight is 288 g/mol. The number of primary sulfonamides is 1. The molecule has 0 heterocycles. The minimum absolute atomic E-state index is 0.141. The molecule has 0 saturated heterocycles. The van der Waals surface area contributed by atoms with Gasteiger partial charge in [0.1, 0.15) is 5.69 Å². The fourth-order valence-corrected chi connectivity index (χ4v) is 1.91. The highest BCUT2D eigenvalue weighted by Crippen LogP contribution is 2.27. The molecule has 1 unspecified atom stereocenters. The zero-order chi connectivity index (χ0) is 14.6. The lowest BCUT2D eigenvalue weighted by Gasteiger charge is -2.12. The zero-order valence-corrected chi connectivity index (χ0v) is 11.2. The van der Waals surface area contributed by atoms with E-state index in [1.165, 1.54) is 12.1 Å². The third-order valence-electron chi connectivity index (χ3n) is 2.57. The Labute approximate surface area is 111 Å². The highest BCUT2D eigenvalue weighted by molar-refractivity contribution is 7.89. The molecule has 0 aliphatic carbocycles. The van der Waals surface area contributed by atoms with Crippen LogP contribution in [-0.2, 0) is 10.0 Å². The van der Waals surface area contributed by atoms with Gasteiger partial charge in [-0.25, -0.2) is 13.6 Å². The minimum atomic E-state index is -3.97. The van der Waals surface area contributed by atoms with Gasteiger partial charge in [0, 0.05) is 18.7 Å². The molecule has 0 fully saturated rings. The van der Waals surface area contributed by atoms with E-state index >= 15 is 0 Å². The molecule has 19 heavy (non-hydrogen) atoms. The summed E-state index contributed by atoms with van der Waals surface area (Å²) in [4.78, 5) is 9.94. The molecule has 0 aliphatic rings. The fraction of sp³-hybridized carbons (Fsp3) is 0.400. The highest BCUT2D eigenvalue weighted by Gasteiger charge is 2.19. The second-order valence-electron chi connectivity index (χ2n) is 4.03. The molecule has 0 radical (unpaired) electrons. The Morgan fingerprint density at radius 2 is 2.11 bits per heavy atom. The second-order valence-corrected chi connectivity index (χ2v) is 5.59. The summed E-state index contributed by atoms with van der Waals surface area (Å²) in [6.07, 6.45) is 0.718. The van der Waals surface area contributed by atoms with Gasteiger partial charge in [-0.2, -0.15) is 0 Å². The van der Waals surface area contributed by atoms with Gasteiger partial charge in [0.25, 0.3) is 5.69 Å². The normalized spacial score (nSPS) is 13.0. The van der Waals surface area contributed by atoms with E-state index in [0.29, 0.717) is 6.54 Å². The van der Waals surface area contributed by atoms with Crippen molar-refractivity contribution in [2.75, 3.05) is 11.9 Å². The topological polar surface area (TPSA) is 141 Å². The van der Waals surface area contributed by atoms with Gasteiger partial charge in [0.2, 0.25) is 10.0 Å². The van der Waals surface area contributed by atoms with E-state index in [9.17, 15) is 18.5 Å². The van der Waals surface area contributed by atoms with Crippen molar-refractivity contribution in [3.8, 4) is 0 Å². The van der Waals surface area contributed by atoms with E-state index in [2.05, 4.69) is 5.32 Å². The number of benzene rings is 1. The molecule has 0 amide bonds. The Kier molecular flexibility index (Phi) is 4.81. The smallest absolute Gasteiger partial charge is 0.293 e. The van der Waals surface area contributed by atoms with Crippen LogP contribution in [0.5, 0.6) is 0 Å². The van der Waals surface area contributed by atoms with Crippen molar-refractivity contribution < 1.29 is 13.3 Å². The van der Waals surface area contributed by atoms with Crippen molar-refractivity contribution in [1.29, 1.82) is 0 Å². The monoisotopic (exact) mass is 288 g/mol. The van der Waals surface area contributed by atoms with Crippen molar-refractivity contribution in [2.45, 2.75) is 24.3 Å². The Bertz CT molecular complexity index is 573. The number of nitro groups is 1. The van der Waals surface area contributed by atoms with Gasteiger partial charge >= 0.3 is 0 Å². The summed E-state index contributed by atoms with van der Waals surface area (Å²) in [6, 6.07) is 3.30. The molecule has 9 heteroatoms. The lowest BCUT2D eigenvalue weighted by atomic mass is 10.2. The number of hydrogen-bond acceptors (Lipinski definition) is 6. The first kappa shape index (κ1) is 15.3. The van der Waals surface area contributed by atoms with Crippen LogP contribution < -0.4 is 16.2 Å². The second kappa shape index (κ2) is 5.95. The molecular weight excluding hydrogens is 272 g/mol. The number of nitrogens with zero attached hydrogens (tertiary/aromatic N) is 1. The third-order valence-corrected chi connectivity index (χ3v) is 3.48. The number of nitrogens with one attached hydrogen (secondary N) is 1. The van der Waals surface area contributed by atoms with Crippen LogP contribution in [-0.4, -0.2) is 25.9 Å². The molecule has 1 aromatic rings. The van der Waals surface area contributed by atoms with Gasteiger partial charge in [0.05, 0.1) is 9.82 Å². The summed E-state index contributed by atoms with van der Waals surface area (Å²) in [5.74, 6) is 0. The molecule has 1 aromatic carbocycles. The summed E-state index contributed by atoms with van der Waals surface area (Å²) >= 11 is 0. The Balaban J connectivity index is 3.09. The molecule has 0 bridgehead atoms. The van der Waals surface area contributed by atoms with Crippen LogP contribution in [0.15, 0.2) is 23.1 Å². The first-order valence-electron chi connectivity index (χ1n) is 5.56. The number of anilines is 1. The quantitative estimate of drug-likeness (QED) is 0.510. The van der Waals surface area contributed by atoms with Gasteiger partial charge in [0.15, 0.2) is 0 Å². The van der Waals surface area contributed by atoms with Gasteiger partial charge in [-0.3, -0.25) is 10.1 Å². The van der Waals surface area contributed by atoms with Crippen LogP contribution in [0, 0.1) is 10.1 Å². The summed E-state index contributed by atoms with van der Waals surface area (Å²) < 4.78 is 22.3. The maximum absolute atomic E-state index is 11.1. The Morgan fingerprint density at radius 1 is 1.47 bits per heavy atom. The van der Waals surface area contributed by atoms with E-state index in [1.807, 2.05) is 6.92 Å². The number of nitrogens with two attached hydrogens (primary N) is 2. The van der Waals surface area contributed by atoms with Crippen LogP contribution >= 0.6 is 0 Å². The molecule has 8 nitrogen and oxygen atoms in total. The lowest BCUT2D eigenvalue weighted by Crippen LogP contribution is -2.28. The molecule has 0 spiro atoms. The van der Waals surface area contributed by atoms with E-state index in [4.69, 9.17) is 10.9 Å². The van der Waals surface area contributed by atoms with Crippen LogP contribution in [0.3, 0.4) is 0 Å². The van der Waals surface area contributed by atoms with Gasteiger partial charge < -0.3 is 11.1 Å². The van der Waals surface area contributed by atoms with Crippen molar-refractivity contribution in [1.82, 2.24) is 0 Å². The first-order chi connectivity index (χ1) is 8.75. The summed E-state index contributed by atoms with van der Waals surface area (Å²) in [6.45, 7) is 2.25. The van der Waals surface area contributed by atoms with E-state index in [0.717, 1.165) is 12.5 Å². The Hall–Kier alpha value is -1.71. The third kappa shape index (κ3) is 4.16. The number of hydrogen-bond donors (Lipinski definition) is 3. The van der Waals surface area contributed by atoms with Crippen molar-refractivity contribution in [2.24, 2.45) is 10.9 Å². The molecule has 0 aliphatic heterocycles. The summed E-state index contributed by atoms with van der Waals surface area (Å²) in [7, 11) is -3.97. The van der Waals surface area contributed by atoms with Crippen molar-refractivity contribution in [3.05, 3.63) is 28.3 Å². The summed E-state index contributed by atoms with van der Waals surface area (Å²) in [5, 5.41) is 18.7. The van der Waals surface area contributed by atoms with Crippen LogP contribution in [0.2, 0.25) is 0 Å².